The molecule has 0 heterocycles. The number of rotatable bonds is 3. The standard InChI is InChI=1S/C14H15BrClNO3S/c1-7-2-12(11(15)6-13(7)21(16,19)20)17-14(18)10-4-8-3-9(8)5-10/h2,6,8-10H,3-5H2,1H3,(H,17,18). The summed E-state index contributed by atoms with van der Waals surface area (Å²) in [5.41, 5.74) is 1.10. The highest BCUT2D eigenvalue weighted by molar-refractivity contribution is 9.10. The number of halogens is 2. The van der Waals surface area contributed by atoms with Crippen molar-refractivity contribution in [2.75, 3.05) is 5.32 Å². The lowest BCUT2D eigenvalue weighted by molar-refractivity contribution is -0.120. The smallest absolute Gasteiger partial charge is 0.261 e. The monoisotopic (exact) mass is 391 g/mol. The lowest BCUT2D eigenvalue weighted by atomic mass is 10.0. The molecule has 1 aromatic carbocycles. The third kappa shape index (κ3) is 3.12. The third-order valence-electron chi connectivity index (χ3n) is 4.40. The number of hydrogen-bond acceptors (Lipinski definition) is 3. The van der Waals surface area contributed by atoms with Crippen LogP contribution in [0.3, 0.4) is 0 Å². The number of benzene rings is 1. The summed E-state index contributed by atoms with van der Waals surface area (Å²) < 4.78 is 23.4. The Labute approximate surface area is 136 Å². The molecule has 3 rings (SSSR count). The number of carbonyl (C=O) groups is 1. The lowest BCUT2D eigenvalue weighted by Gasteiger charge is -2.15. The first-order chi connectivity index (χ1) is 9.75. The number of aryl methyl sites for hydroxylation is 1. The van der Waals surface area contributed by atoms with Crippen LogP contribution in [0.1, 0.15) is 24.8 Å². The van der Waals surface area contributed by atoms with Gasteiger partial charge in [0.05, 0.1) is 10.6 Å². The van der Waals surface area contributed by atoms with E-state index in [2.05, 4.69) is 21.2 Å². The minimum atomic E-state index is -3.79. The number of carbonyl (C=O) groups excluding carboxylic acids is 1. The van der Waals surface area contributed by atoms with Crippen LogP contribution in [-0.4, -0.2) is 14.3 Å². The maximum absolute atomic E-state index is 12.2. The van der Waals surface area contributed by atoms with Crippen LogP contribution < -0.4 is 5.32 Å². The zero-order chi connectivity index (χ0) is 15.4. The molecular weight excluding hydrogens is 378 g/mol. The van der Waals surface area contributed by atoms with Gasteiger partial charge < -0.3 is 5.32 Å². The van der Waals surface area contributed by atoms with E-state index in [1.807, 2.05) is 0 Å². The van der Waals surface area contributed by atoms with Crippen molar-refractivity contribution in [2.24, 2.45) is 17.8 Å². The molecule has 0 spiro atoms. The van der Waals surface area contributed by atoms with E-state index < -0.39 is 9.05 Å². The molecule has 2 aliphatic rings. The van der Waals surface area contributed by atoms with Gasteiger partial charge in [0.25, 0.3) is 9.05 Å². The second-order valence-electron chi connectivity index (χ2n) is 5.95. The molecule has 2 aliphatic carbocycles. The second-order valence-corrected chi connectivity index (χ2v) is 9.34. The number of anilines is 1. The van der Waals surface area contributed by atoms with Crippen LogP contribution in [0, 0.1) is 24.7 Å². The van der Waals surface area contributed by atoms with Crippen molar-refractivity contribution in [2.45, 2.75) is 31.1 Å². The second kappa shape index (κ2) is 5.25. The Morgan fingerprint density at radius 2 is 1.90 bits per heavy atom. The summed E-state index contributed by atoms with van der Waals surface area (Å²) in [6, 6.07) is 3.06. The summed E-state index contributed by atoms with van der Waals surface area (Å²) in [5, 5.41) is 2.89. The summed E-state index contributed by atoms with van der Waals surface area (Å²) in [6.07, 6.45) is 3.22. The molecular formula is C14H15BrClNO3S. The highest BCUT2D eigenvalue weighted by atomic mass is 79.9. The number of fused-ring (bicyclic) bond motifs is 1. The van der Waals surface area contributed by atoms with Gasteiger partial charge in [-0.05, 0) is 71.6 Å². The molecule has 2 fully saturated rings. The van der Waals surface area contributed by atoms with E-state index in [4.69, 9.17) is 10.7 Å². The summed E-state index contributed by atoms with van der Waals surface area (Å²) in [6.45, 7) is 1.65. The van der Waals surface area contributed by atoms with E-state index in [1.165, 1.54) is 12.5 Å². The van der Waals surface area contributed by atoms with Crippen LogP contribution >= 0.6 is 26.6 Å². The van der Waals surface area contributed by atoms with E-state index in [0.717, 1.165) is 24.7 Å². The van der Waals surface area contributed by atoms with Crippen molar-refractivity contribution in [3.63, 3.8) is 0 Å². The highest BCUT2D eigenvalue weighted by Crippen LogP contribution is 2.54. The minimum absolute atomic E-state index is 0.0174. The van der Waals surface area contributed by atoms with Gasteiger partial charge in [-0.15, -0.1) is 0 Å². The Bertz CT molecular complexity index is 709. The van der Waals surface area contributed by atoms with Gasteiger partial charge >= 0.3 is 0 Å². The fourth-order valence-electron chi connectivity index (χ4n) is 3.19. The maximum Gasteiger partial charge on any atom is 0.261 e. The molecule has 2 saturated carbocycles. The molecule has 0 aromatic heterocycles. The van der Waals surface area contributed by atoms with Crippen molar-refractivity contribution < 1.29 is 13.2 Å². The van der Waals surface area contributed by atoms with Crippen molar-refractivity contribution in [3.8, 4) is 0 Å². The van der Waals surface area contributed by atoms with Crippen molar-refractivity contribution in [1.29, 1.82) is 0 Å². The van der Waals surface area contributed by atoms with Crippen LogP contribution in [0.25, 0.3) is 0 Å². The van der Waals surface area contributed by atoms with Crippen LogP contribution in [0.4, 0.5) is 5.69 Å². The molecule has 2 unspecified atom stereocenters. The molecule has 21 heavy (non-hydrogen) atoms. The topological polar surface area (TPSA) is 63.2 Å². The zero-order valence-corrected chi connectivity index (χ0v) is 14.6. The maximum atomic E-state index is 12.2. The Hall–Kier alpha value is -0.590. The van der Waals surface area contributed by atoms with Gasteiger partial charge in [-0.25, -0.2) is 8.42 Å². The largest absolute Gasteiger partial charge is 0.325 e. The zero-order valence-electron chi connectivity index (χ0n) is 11.4. The summed E-state index contributed by atoms with van der Waals surface area (Å²) >= 11 is 3.29. The molecule has 4 nitrogen and oxygen atoms in total. The van der Waals surface area contributed by atoms with Crippen molar-refractivity contribution in [3.05, 3.63) is 22.2 Å². The SMILES string of the molecule is Cc1cc(NC(=O)C2CC3CC3C2)c(Br)cc1S(=O)(=O)Cl. The van der Waals surface area contributed by atoms with Crippen molar-refractivity contribution >= 4 is 47.3 Å². The van der Waals surface area contributed by atoms with Gasteiger partial charge in [0.2, 0.25) is 5.91 Å². The average Bonchev–Trinajstić information content (AvgIpc) is 2.98. The average molecular weight is 393 g/mol. The summed E-state index contributed by atoms with van der Waals surface area (Å²) in [7, 11) is 1.59. The number of hydrogen-bond donors (Lipinski definition) is 1. The van der Waals surface area contributed by atoms with E-state index >= 15 is 0 Å². The number of amides is 1. The van der Waals surface area contributed by atoms with E-state index in [-0.39, 0.29) is 16.7 Å². The highest BCUT2D eigenvalue weighted by Gasteiger charge is 2.48. The van der Waals surface area contributed by atoms with Crippen molar-refractivity contribution in [1.82, 2.24) is 0 Å². The summed E-state index contributed by atoms with van der Waals surface area (Å²) in [4.78, 5) is 12.3. The molecule has 0 radical (unpaired) electrons. The third-order valence-corrected chi connectivity index (χ3v) is 6.52. The van der Waals surface area contributed by atoms with Gasteiger partial charge in [0, 0.05) is 21.1 Å². The van der Waals surface area contributed by atoms with Gasteiger partial charge in [0.1, 0.15) is 0 Å². The first-order valence-electron chi connectivity index (χ1n) is 6.81. The molecule has 0 bridgehead atoms. The molecule has 0 saturated heterocycles. The van der Waals surface area contributed by atoms with Crippen LogP contribution in [0.2, 0.25) is 0 Å². The lowest BCUT2D eigenvalue weighted by Crippen LogP contribution is -2.22. The van der Waals surface area contributed by atoms with E-state index in [0.29, 0.717) is 15.7 Å². The van der Waals surface area contributed by atoms with Crippen LogP contribution in [-0.2, 0) is 13.8 Å². The van der Waals surface area contributed by atoms with Gasteiger partial charge in [0.15, 0.2) is 0 Å². The fraction of sp³-hybridized carbons (Fsp3) is 0.500. The van der Waals surface area contributed by atoms with Crippen LogP contribution in [0.15, 0.2) is 21.5 Å². The Morgan fingerprint density at radius 1 is 1.29 bits per heavy atom. The first kappa shape index (κ1) is 15.3. The predicted molar refractivity (Wildman–Crippen MR) is 84.9 cm³/mol. The quantitative estimate of drug-likeness (QED) is 0.798. The van der Waals surface area contributed by atoms with Gasteiger partial charge in [-0.2, -0.15) is 0 Å². The Kier molecular flexibility index (Phi) is 3.83. The molecule has 1 N–H and O–H groups in total. The molecule has 0 aliphatic heterocycles. The molecule has 2 atom stereocenters. The number of nitrogens with one attached hydrogen (secondary N) is 1. The van der Waals surface area contributed by atoms with Gasteiger partial charge in [-0.3, -0.25) is 4.79 Å². The van der Waals surface area contributed by atoms with Gasteiger partial charge in [-0.1, -0.05) is 0 Å². The Morgan fingerprint density at radius 3 is 2.48 bits per heavy atom. The normalized spacial score (nSPS) is 27.3. The van der Waals surface area contributed by atoms with E-state index in [1.54, 1.807) is 13.0 Å². The molecule has 1 aromatic rings. The molecule has 7 heteroatoms. The molecule has 1 amide bonds. The fourth-order valence-corrected chi connectivity index (χ4v) is 4.98. The van der Waals surface area contributed by atoms with Crippen LogP contribution in [0.5, 0.6) is 0 Å². The Balaban J connectivity index is 1.79. The summed E-state index contributed by atoms with van der Waals surface area (Å²) in [5.74, 6) is 1.59. The predicted octanol–water partition coefficient (Wildman–Crippen LogP) is 3.67. The van der Waals surface area contributed by atoms with E-state index in [9.17, 15) is 13.2 Å². The molecule has 114 valence electrons. The minimum Gasteiger partial charge on any atom is -0.325 e. The first-order valence-corrected chi connectivity index (χ1v) is 9.91.